The van der Waals surface area contributed by atoms with Crippen LogP contribution in [-0.4, -0.2) is 39.7 Å². The van der Waals surface area contributed by atoms with Crippen LogP contribution < -0.4 is 5.32 Å². The first kappa shape index (κ1) is 14.6. The van der Waals surface area contributed by atoms with Crippen LogP contribution in [0, 0.1) is 11.8 Å². The molecule has 2 aliphatic rings. The molecule has 1 aromatic rings. The molecule has 1 aliphatic heterocycles. The van der Waals surface area contributed by atoms with Crippen molar-refractivity contribution in [3.05, 3.63) is 18.0 Å². The molecule has 0 radical (unpaired) electrons. The van der Waals surface area contributed by atoms with Gasteiger partial charge in [-0.2, -0.15) is 5.10 Å². The fourth-order valence-corrected chi connectivity index (χ4v) is 3.08. The first-order valence-corrected chi connectivity index (χ1v) is 8.13. The van der Waals surface area contributed by atoms with Crippen LogP contribution in [0.4, 0.5) is 0 Å². The number of amides is 1. The van der Waals surface area contributed by atoms with Crippen molar-refractivity contribution in [2.45, 2.75) is 52.2 Å². The van der Waals surface area contributed by atoms with E-state index in [2.05, 4.69) is 35.4 Å². The smallest absolute Gasteiger partial charge is 0.223 e. The summed E-state index contributed by atoms with van der Waals surface area (Å²) in [5.41, 5.74) is 1.22. The van der Waals surface area contributed by atoms with Gasteiger partial charge in [-0.1, -0.05) is 13.8 Å². The van der Waals surface area contributed by atoms with Crippen LogP contribution >= 0.6 is 0 Å². The Kier molecular flexibility index (Phi) is 4.29. The van der Waals surface area contributed by atoms with Crippen molar-refractivity contribution in [1.82, 2.24) is 20.0 Å². The predicted molar refractivity (Wildman–Crippen MR) is 81.6 cm³/mol. The minimum Gasteiger partial charge on any atom is -0.339 e. The fourth-order valence-electron chi connectivity index (χ4n) is 3.08. The molecule has 1 aliphatic carbocycles. The Morgan fingerprint density at radius 2 is 2.24 bits per heavy atom. The van der Waals surface area contributed by atoms with Crippen molar-refractivity contribution >= 4 is 5.91 Å². The summed E-state index contributed by atoms with van der Waals surface area (Å²) in [7, 11) is 0. The predicted octanol–water partition coefficient (Wildman–Crippen LogP) is 1.64. The van der Waals surface area contributed by atoms with Crippen molar-refractivity contribution in [3.8, 4) is 0 Å². The van der Waals surface area contributed by atoms with Gasteiger partial charge in [0, 0.05) is 50.4 Å². The summed E-state index contributed by atoms with van der Waals surface area (Å²) in [6.45, 7) is 8.07. The molecular formula is C16H26N4O. The van der Waals surface area contributed by atoms with Crippen LogP contribution in [0.5, 0.6) is 0 Å². The van der Waals surface area contributed by atoms with Crippen LogP contribution in [0.15, 0.2) is 12.4 Å². The summed E-state index contributed by atoms with van der Waals surface area (Å²) in [5, 5.41) is 7.86. The highest BCUT2D eigenvalue weighted by Crippen LogP contribution is 2.32. The lowest BCUT2D eigenvalue weighted by Crippen LogP contribution is -2.29. The number of carbonyl (C=O) groups excluding carboxylic acids is 1. The van der Waals surface area contributed by atoms with E-state index in [9.17, 15) is 4.79 Å². The van der Waals surface area contributed by atoms with E-state index in [-0.39, 0.29) is 0 Å². The minimum atomic E-state index is 0.356. The van der Waals surface area contributed by atoms with Gasteiger partial charge in [0.1, 0.15) is 0 Å². The van der Waals surface area contributed by atoms with Crippen molar-refractivity contribution < 1.29 is 4.79 Å². The molecule has 1 saturated carbocycles. The van der Waals surface area contributed by atoms with Crippen LogP contribution in [0.3, 0.4) is 0 Å². The Hall–Kier alpha value is -1.36. The van der Waals surface area contributed by atoms with E-state index < -0.39 is 0 Å². The number of hydrogen-bond acceptors (Lipinski definition) is 3. The van der Waals surface area contributed by atoms with E-state index in [1.807, 2.05) is 10.9 Å². The zero-order valence-corrected chi connectivity index (χ0v) is 13.1. The van der Waals surface area contributed by atoms with E-state index in [1.54, 1.807) is 0 Å². The lowest BCUT2D eigenvalue weighted by atomic mass is 10.1. The quantitative estimate of drug-likeness (QED) is 0.830. The van der Waals surface area contributed by atoms with Crippen molar-refractivity contribution in [2.75, 3.05) is 13.1 Å². The molecule has 1 unspecified atom stereocenters. The van der Waals surface area contributed by atoms with E-state index in [4.69, 9.17) is 0 Å². The van der Waals surface area contributed by atoms with E-state index >= 15 is 0 Å². The molecule has 1 atom stereocenters. The molecular weight excluding hydrogens is 264 g/mol. The molecule has 0 aromatic carbocycles. The molecule has 0 bridgehead atoms. The van der Waals surface area contributed by atoms with Gasteiger partial charge in [-0.15, -0.1) is 0 Å². The summed E-state index contributed by atoms with van der Waals surface area (Å²) in [5.74, 6) is 1.45. The van der Waals surface area contributed by atoms with Crippen LogP contribution in [-0.2, 0) is 17.9 Å². The van der Waals surface area contributed by atoms with Gasteiger partial charge in [-0.3, -0.25) is 9.48 Å². The zero-order valence-electron chi connectivity index (χ0n) is 13.1. The van der Waals surface area contributed by atoms with Crippen LogP contribution in [0.1, 0.15) is 38.7 Å². The highest BCUT2D eigenvalue weighted by atomic mass is 16.2. The second kappa shape index (κ2) is 6.18. The fraction of sp³-hybridized carbons (Fsp3) is 0.750. The van der Waals surface area contributed by atoms with Gasteiger partial charge in [0.15, 0.2) is 0 Å². The van der Waals surface area contributed by atoms with Crippen molar-refractivity contribution in [3.63, 3.8) is 0 Å². The average molecular weight is 290 g/mol. The summed E-state index contributed by atoms with van der Waals surface area (Å²) >= 11 is 0. The second-order valence-electron chi connectivity index (χ2n) is 6.94. The third kappa shape index (κ3) is 3.84. The molecule has 0 spiro atoms. The SMILES string of the molecule is CC(C)Cn1cc(CNCC2CC(=O)N(C3CC3)C2)cn1. The van der Waals surface area contributed by atoms with Gasteiger partial charge in [0.25, 0.3) is 0 Å². The van der Waals surface area contributed by atoms with Gasteiger partial charge in [-0.25, -0.2) is 0 Å². The molecule has 1 N–H and O–H groups in total. The van der Waals surface area contributed by atoms with E-state index in [0.717, 1.165) is 32.6 Å². The molecule has 5 heteroatoms. The number of nitrogens with zero attached hydrogens (tertiary/aromatic N) is 3. The lowest BCUT2D eigenvalue weighted by molar-refractivity contribution is -0.128. The highest BCUT2D eigenvalue weighted by Gasteiger charge is 2.38. The van der Waals surface area contributed by atoms with Crippen LogP contribution in [0.25, 0.3) is 0 Å². The van der Waals surface area contributed by atoms with Crippen LogP contribution in [0.2, 0.25) is 0 Å². The molecule has 116 valence electrons. The van der Waals surface area contributed by atoms with Gasteiger partial charge >= 0.3 is 0 Å². The first-order valence-electron chi connectivity index (χ1n) is 8.13. The largest absolute Gasteiger partial charge is 0.339 e. The topological polar surface area (TPSA) is 50.2 Å². The second-order valence-corrected chi connectivity index (χ2v) is 6.94. The molecule has 1 amide bonds. The number of carbonyl (C=O) groups is 1. The van der Waals surface area contributed by atoms with Gasteiger partial charge in [0.2, 0.25) is 5.91 Å². The van der Waals surface area contributed by atoms with Gasteiger partial charge in [0.05, 0.1) is 6.20 Å². The number of hydrogen-bond donors (Lipinski definition) is 1. The standard InChI is InChI=1S/C16H26N4O/c1-12(2)9-19-10-14(8-18-19)7-17-6-13-5-16(21)20(11-13)15-3-4-15/h8,10,12-13,15,17H,3-7,9,11H2,1-2H3. The molecule has 2 heterocycles. The Labute approximate surface area is 126 Å². The highest BCUT2D eigenvalue weighted by molar-refractivity contribution is 5.79. The van der Waals surface area contributed by atoms with Crippen molar-refractivity contribution in [1.29, 1.82) is 0 Å². The van der Waals surface area contributed by atoms with Gasteiger partial charge in [-0.05, 0) is 24.7 Å². The van der Waals surface area contributed by atoms with E-state index in [0.29, 0.717) is 23.8 Å². The summed E-state index contributed by atoms with van der Waals surface area (Å²) in [6.07, 6.45) is 7.19. The maximum absolute atomic E-state index is 11.9. The maximum Gasteiger partial charge on any atom is 0.223 e. The zero-order chi connectivity index (χ0) is 14.8. The third-order valence-electron chi connectivity index (χ3n) is 4.23. The molecule has 5 nitrogen and oxygen atoms in total. The van der Waals surface area contributed by atoms with Crippen molar-refractivity contribution in [2.24, 2.45) is 11.8 Å². The Balaban J connectivity index is 1.40. The molecule has 3 rings (SSSR count). The molecule has 1 saturated heterocycles. The third-order valence-corrected chi connectivity index (χ3v) is 4.23. The number of nitrogens with one attached hydrogen (secondary N) is 1. The minimum absolute atomic E-state index is 0.356. The summed E-state index contributed by atoms with van der Waals surface area (Å²) < 4.78 is 2.01. The summed E-state index contributed by atoms with van der Waals surface area (Å²) in [4.78, 5) is 14.0. The molecule has 21 heavy (non-hydrogen) atoms. The number of likely N-dealkylation sites (tertiary alicyclic amines) is 1. The Morgan fingerprint density at radius 3 is 2.95 bits per heavy atom. The summed E-state index contributed by atoms with van der Waals surface area (Å²) in [6, 6.07) is 0.566. The normalized spacial score (nSPS) is 22.5. The first-order chi connectivity index (χ1) is 10.1. The molecule has 1 aromatic heterocycles. The number of rotatable bonds is 7. The molecule has 2 fully saturated rings. The monoisotopic (exact) mass is 290 g/mol. The van der Waals surface area contributed by atoms with Gasteiger partial charge < -0.3 is 10.2 Å². The lowest BCUT2D eigenvalue weighted by Gasteiger charge is -2.15. The number of aromatic nitrogens is 2. The average Bonchev–Trinajstić information content (AvgIpc) is 3.06. The van der Waals surface area contributed by atoms with E-state index in [1.165, 1.54) is 18.4 Å². The maximum atomic E-state index is 11.9. The Morgan fingerprint density at radius 1 is 1.43 bits per heavy atom. The Bertz CT molecular complexity index is 492.